The van der Waals surface area contributed by atoms with E-state index in [0.29, 0.717) is 0 Å². The van der Waals surface area contributed by atoms with Crippen molar-refractivity contribution in [1.82, 2.24) is 0 Å². The first-order valence-electron chi connectivity index (χ1n) is 9.73. The van der Waals surface area contributed by atoms with Gasteiger partial charge in [0.05, 0.1) is 7.11 Å². The fraction of sp³-hybridized carbons (Fsp3) is 0.115. The SMILES string of the molecule is COc1ccc2c(c1)CCC(c1ccc(F)cc1)=C2c1ccc(/C=C/C(=O)O)cc1. The third kappa shape index (κ3) is 4.03. The van der Waals surface area contributed by atoms with E-state index in [-0.39, 0.29) is 5.82 Å². The maximum absolute atomic E-state index is 13.5. The molecule has 0 atom stereocenters. The monoisotopic (exact) mass is 400 g/mol. The van der Waals surface area contributed by atoms with Crippen LogP contribution in [0.4, 0.5) is 4.39 Å². The number of carbonyl (C=O) groups is 1. The zero-order chi connectivity index (χ0) is 21.1. The van der Waals surface area contributed by atoms with Gasteiger partial charge in [-0.05, 0) is 82.1 Å². The Morgan fingerprint density at radius 3 is 2.33 bits per heavy atom. The zero-order valence-electron chi connectivity index (χ0n) is 16.6. The smallest absolute Gasteiger partial charge is 0.328 e. The Hall–Kier alpha value is -3.66. The number of benzene rings is 3. The van der Waals surface area contributed by atoms with Crippen LogP contribution in [0.25, 0.3) is 17.2 Å². The summed E-state index contributed by atoms with van der Waals surface area (Å²) in [5.74, 6) is -0.403. The third-order valence-corrected chi connectivity index (χ3v) is 5.34. The molecule has 1 N–H and O–H groups in total. The summed E-state index contributed by atoms with van der Waals surface area (Å²) >= 11 is 0. The van der Waals surface area contributed by atoms with E-state index in [0.717, 1.165) is 52.5 Å². The number of carboxylic acids is 1. The maximum atomic E-state index is 13.5. The van der Waals surface area contributed by atoms with Gasteiger partial charge >= 0.3 is 5.97 Å². The number of allylic oxidation sites excluding steroid dienone is 1. The van der Waals surface area contributed by atoms with Gasteiger partial charge < -0.3 is 9.84 Å². The van der Waals surface area contributed by atoms with E-state index < -0.39 is 5.97 Å². The Morgan fingerprint density at radius 2 is 1.67 bits per heavy atom. The number of fused-ring (bicyclic) bond motifs is 1. The van der Waals surface area contributed by atoms with Crippen molar-refractivity contribution in [2.45, 2.75) is 12.8 Å². The minimum Gasteiger partial charge on any atom is -0.497 e. The number of carboxylic acid groups (broad SMARTS) is 1. The van der Waals surface area contributed by atoms with E-state index in [1.54, 1.807) is 13.2 Å². The van der Waals surface area contributed by atoms with Crippen LogP contribution >= 0.6 is 0 Å². The minimum atomic E-state index is -0.976. The van der Waals surface area contributed by atoms with Crippen molar-refractivity contribution in [3.8, 4) is 5.75 Å². The van der Waals surface area contributed by atoms with Crippen LogP contribution in [0.5, 0.6) is 5.75 Å². The fourth-order valence-corrected chi connectivity index (χ4v) is 3.89. The predicted molar refractivity (Wildman–Crippen MR) is 117 cm³/mol. The quantitative estimate of drug-likeness (QED) is 0.548. The van der Waals surface area contributed by atoms with Crippen LogP contribution in [-0.2, 0) is 11.2 Å². The first kappa shape index (κ1) is 19.6. The molecule has 1 aliphatic carbocycles. The van der Waals surface area contributed by atoms with Gasteiger partial charge in [-0.25, -0.2) is 9.18 Å². The van der Waals surface area contributed by atoms with Gasteiger partial charge in [0.15, 0.2) is 0 Å². The molecule has 0 unspecified atom stereocenters. The lowest BCUT2D eigenvalue weighted by molar-refractivity contribution is -0.131. The Balaban J connectivity index is 1.85. The van der Waals surface area contributed by atoms with Gasteiger partial charge in [-0.2, -0.15) is 0 Å². The van der Waals surface area contributed by atoms with Crippen molar-refractivity contribution in [2.24, 2.45) is 0 Å². The highest BCUT2D eigenvalue weighted by Crippen LogP contribution is 2.41. The number of rotatable bonds is 5. The second-order valence-corrected chi connectivity index (χ2v) is 7.18. The number of ether oxygens (including phenoxy) is 1. The molecule has 0 spiro atoms. The summed E-state index contributed by atoms with van der Waals surface area (Å²) in [5, 5.41) is 8.83. The van der Waals surface area contributed by atoms with Gasteiger partial charge in [0, 0.05) is 6.08 Å². The van der Waals surface area contributed by atoms with Crippen molar-refractivity contribution in [1.29, 1.82) is 0 Å². The summed E-state index contributed by atoms with van der Waals surface area (Å²) in [4.78, 5) is 10.8. The first-order chi connectivity index (χ1) is 14.5. The van der Waals surface area contributed by atoms with E-state index in [1.165, 1.54) is 23.3 Å². The lowest BCUT2D eigenvalue weighted by Gasteiger charge is -2.25. The maximum Gasteiger partial charge on any atom is 0.328 e. The number of hydrogen-bond donors (Lipinski definition) is 1. The normalized spacial score (nSPS) is 13.4. The average Bonchev–Trinajstić information content (AvgIpc) is 2.77. The molecule has 0 aliphatic heterocycles. The average molecular weight is 400 g/mol. The van der Waals surface area contributed by atoms with Crippen LogP contribution in [0.2, 0.25) is 0 Å². The molecule has 4 heteroatoms. The summed E-state index contributed by atoms with van der Waals surface area (Å²) in [7, 11) is 1.66. The molecule has 3 nitrogen and oxygen atoms in total. The Morgan fingerprint density at radius 1 is 0.967 bits per heavy atom. The van der Waals surface area contributed by atoms with E-state index >= 15 is 0 Å². The summed E-state index contributed by atoms with van der Waals surface area (Å²) in [6.45, 7) is 0. The van der Waals surface area contributed by atoms with Gasteiger partial charge in [0.25, 0.3) is 0 Å². The van der Waals surface area contributed by atoms with Crippen LogP contribution in [-0.4, -0.2) is 18.2 Å². The van der Waals surface area contributed by atoms with E-state index in [1.807, 2.05) is 42.5 Å². The molecule has 0 amide bonds. The topological polar surface area (TPSA) is 46.5 Å². The van der Waals surface area contributed by atoms with Gasteiger partial charge in [-0.15, -0.1) is 0 Å². The molecule has 4 rings (SSSR count). The molecule has 0 saturated carbocycles. The van der Waals surface area contributed by atoms with Crippen LogP contribution < -0.4 is 4.74 Å². The van der Waals surface area contributed by atoms with E-state index in [4.69, 9.17) is 9.84 Å². The van der Waals surface area contributed by atoms with Crippen LogP contribution in [0.3, 0.4) is 0 Å². The molecule has 0 saturated heterocycles. The molecule has 0 heterocycles. The molecule has 0 fully saturated rings. The van der Waals surface area contributed by atoms with Crippen molar-refractivity contribution >= 4 is 23.2 Å². The van der Waals surface area contributed by atoms with Crippen molar-refractivity contribution < 1.29 is 19.0 Å². The van der Waals surface area contributed by atoms with Crippen molar-refractivity contribution in [2.75, 3.05) is 7.11 Å². The number of halogens is 1. The molecule has 3 aromatic carbocycles. The number of aryl methyl sites for hydroxylation is 1. The highest BCUT2D eigenvalue weighted by Gasteiger charge is 2.22. The molecule has 0 aromatic heterocycles. The molecule has 1 aliphatic rings. The predicted octanol–water partition coefficient (Wildman–Crippen LogP) is 5.84. The first-order valence-corrected chi connectivity index (χ1v) is 9.73. The largest absolute Gasteiger partial charge is 0.497 e. The molecular weight excluding hydrogens is 379 g/mol. The fourth-order valence-electron chi connectivity index (χ4n) is 3.89. The highest BCUT2D eigenvalue weighted by molar-refractivity contribution is 6.01. The van der Waals surface area contributed by atoms with Gasteiger partial charge in [-0.3, -0.25) is 0 Å². The van der Waals surface area contributed by atoms with Crippen molar-refractivity contribution in [3.63, 3.8) is 0 Å². The molecule has 30 heavy (non-hydrogen) atoms. The highest BCUT2D eigenvalue weighted by atomic mass is 19.1. The van der Waals surface area contributed by atoms with Crippen LogP contribution in [0, 0.1) is 5.82 Å². The summed E-state index contributed by atoms with van der Waals surface area (Å²) in [5.41, 5.74) is 7.48. The molecule has 0 radical (unpaired) electrons. The van der Waals surface area contributed by atoms with E-state index in [9.17, 15) is 9.18 Å². The standard InChI is InChI=1S/C26H21FO3/c1-30-22-12-14-24-20(16-22)9-13-23(18-7-10-21(27)11-8-18)26(24)19-5-2-17(3-6-19)4-15-25(28)29/h2-8,10-12,14-16H,9,13H2,1H3,(H,28,29)/b15-4+. The Labute approximate surface area is 174 Å². The van der Waals surface area contributed by atoms with Gasteiger partial charge in [0.2, 0.25) is 0 Å². The summed E-state index contributed by atoms with van der Waals surface area (Å²) < 4.78 is 18.9. The van der Waals surface area contributed by atoms with Gasteiger partial charge in [-0.1, -0.05) is 42.5 Å². The van der Waals surface area contributed by atoms with Crippen LogP contribution in [0.15, 0.2) is 72.8 Å². The molecular formula is C26H21FO3. The van der Waals surface area contributed by atoms with E-state index in [2.05, 4.69) is 12.1 Å². The Bertz CT molecular complexity index is 1140. The summed E-state index contributed by atoms with van der Waals surface area (Å²) in [6, 6.07) is 20.5. The minimum absolute atomic E-state index is 0.253. The molecule has 3 aromatic rings. The second-order valence-electron chi connectivity index (χ2n) is 7.18. The van der Waals surface area contributed by atoms with Crippen LogP contribution in [0.1, 0.15) is 34.2 Å². The number of aliphatic carboxylic acids is 1. The number of methoxy groups -OCH3 is 1. The lowest BCUT2D eigenvalue weighted by Crippen LogP contribution is -2.06. The summed E-state index contributed by atoms with van der Waals surface area (Å²) in [6.07, 6.45) is 4.41. The lowest BCUT2D eigenvalue weighted by atomic mass is 9.79. The number of hydrogen-bond acceptors (Lipinski definition) is 2. The molecule has 150 valence electrons. The Kier molecular flexibility index (Phi) is 5.48. The van der Waals surface area contributed by atoms with Crippen molar-refractivity contribution in [3.05, 3.63) is 106 Å². The molecule has 0 bridgehead atoms. The third-order valence-electron chi connectivity index (χ3n) is 5.34. The van der Waals surface area contributed by atoms with Gasteiger partial charge in [0.1, 0.15) is 11.6 Å². The second kappa shape index (κ2) is 8.37. The zero-order valence-corrected chi connectivity index (χ0v) is 16.6.